The van der Waals surface area contributed by atoms with E-state index in [0.717, 1.165) is 16.9 Å². The number of aryl methyl sites for hydroxylation is 1. The Morgan fingerprint density at radius 1 is 1.54 bits per heavy atom. The molecule has 68 valence electrons. The molecule has 0 unspecified atom stereocenters. The molecule has 0 fully saturated rings. The molecule has 0 aliphatic carbocycles. The number of hydrogen-bond donors (Lipinski definition) is 0. The van der Waals surface area contributed by atoms with Crippen molar-refractivity contribution in [2.45, 2.75) is 13.5 Å². The first-order chi connectivity index (χ1) is 6.27. The summed E-state index contributed by atoms with van der Waals surface area (Å²) in [7, 11) is 1.63. The maximum absolute atomic E-state index is 8.15. The molecule has 0 bridgehead atoms. The highest BCUT2D eigenvalue weighted by atomic mass is 16.5. The van der Waals surface area contributed by atoms with Crippen LogP contribution in [0.25, 0.3) is 10.4 Å². The molecule has 0 amide bonds. The Bertz CT molecular complexity index is 343. The molecule has 0 aliphatic rings. The predicted octanol–water partition coefficient (Wildman–Crippen LogP) is 2.81. The molecule has 4 nitrogen and oxygen atoms in total. The minimum absolute atomic E-state index is 0.395. The molecule has 1 aromatic carbocycles. The first-order valence-corrected chi connectivity index (χ1v) is 3.92. The van der Waals surface area contributed by atoms with Gasteiger partial charge in [0.25, 0.3) is 0 Å². The molecule has 0 radical (unpaired) electrons. The lowest BCUT2D eigenvalue weighted by atomic mass is 10.1. The fourth-order valence-corrected chi connectivity index (χ4v) is 1.08. The molecule has 0 N–H and O–H groups in total. The summed E-state index contributed by atoms with van der Waals surface area (Å²) >= 11 is 0. The van der Waals surface area contributed by atoms with Crippen molar-refractivity contribution < 1.29 is 4.74 Å². The minimum atomic E-state index is 0.395. The topological polar surface area (TPSA) is 58.0 Å². The molecule has 1 aromatic rings. The molecule has 4 heteroatoms. The minimum Gasteiger partial charge on any atom is -0.497 e. The van der Waals surface area contributed by atoms with E-state index in [9.17, 15) is 0 Å². The van der Waals surface area contributed by atoms with Gasteiger partial charge in [-0.05, 0) is 35.7 Å². The van der Waals surface area contributed by atoms with E-state index in [1.807, 2.05) is 25.1 Å². The van der Waals surface area contributed by atoms with E-state index in [0.29, 0.717) is 6.54 Å². The summed E-state index contributed by atoms with van der Waals surface area (Å²) in [4.78, 5) is 2.71. The molecular formula is C9H11N3O. The van der Waals surface area contributed by atoms with Crippen molar-refractivity contribution in [1.82, 2.24) is 0 Å². The van der Waals surface area contributed by atoms with Gasteiger partial charge in [-0.2, -0.15) is 0 Å². The van der Waals surface area contributed by atoms with Crippen LogP contribution in [0.3, 0.4) is 0 Å². The highest BCUT2D eigenvalue weighted by Crippen LogP contribution is 2.17. The maximum Gasteiger partial charge on any atom is 0.119 e. The van der Waals surface area contributed by atoms with Crippen LogP contribution in [0.5, 0.6) is 5.75 Å². The highest BCUT2D eigenvalue weighted by Gasteiger charge is 1.98. The Morgan fingerprint density at radius 2 is 2.31 bits per heavy atom. The number of ether oxygens (including phenoxy) is 1. The van der Waals surface area contributed by atoms with E-state index in [4.69, 9.17) is 10.3 Å². The van der Waals surface area contributed by atoms with Gasteiger partial charge >= 0.3 is 0 Å². The van der Waals surface area contributed by atoms with Gasteiger partial charge in [0.05, 0.1) is 13.7 Å². The van der Waals surface area contributed by atoms with Crippen molar-refractivity contribution in [3.8, 4) is 5.75 Å². The molecule has 0 saturated carbocycles. The van der Waals surface area contributed by atoms with Gasteiger partial charge < -0.3 is 4.74 Å². The van der Waals surface area contributed by atoms with E-state index in [-0.39, 0.29) is 0 Å². The molecule has 0 atom stereocenters. The van der Waals surface area contributed by atoms with E-state index < -0.39 is 0 Å². The number of benzene rings is 1. The summed E-state index contributed by atoms with van der Waals surface area (Å²) in [5.74, 6) is 0.821. The Hall–Kier alpha value is -1.67. The zero-order valence-corrected chi connectivity index (χ0v) is 7.69. The van der Waals surface area contributed by atoms with Crippen LogP contribution in [0.4, 0.5) is 0 Å². The van der Waals surface area contributed by atoms with Gasteiger partial charge in [-0.3, -0.25) is 0 Å². The summed E-state index contributed by atoms with van der Waals surface area (Å²) in [6.07, 6.45) is 0. The summed E-state index contributed by atoms with van der Waals surface area (Å²) in [6.45, 7) is 2.36. The van der Waals surface area contributed by atoms with E-state index in [2.05, 4.69) is 10.0 Å². The smallest absolute Gasteiger partial charge is 0.119 e. The lowest BCUT2D eigenvalue weighted by Gasteiger charge is -2.04. The standard InChI is InChI=1S/C9H11N3O/c1-7-5-9(13-2)4-3-8(7)6-11-12-10/h3-5H,6H2,1-2H3. The SMILES string of the molecule is COc1ccc(CN=[N+]=[N-])c(C)c1. The Morgan fingerprint density at radius 3 is 2.85 bits per heavy atom. The quantitative estimate of drug-likeness (QED) is 0.398. The fraction of sp³-hybridized carbons (Fsp3) is 0.333. The van der Waals surface area contributed by atoms with E-state index in [1.165, 1.54) is 0 Å². The van der Waals surface area contributed by atoms with Crippen molar-refractivity contribution in [3.63, 3.8) is 0 Å². The van der Waals surface area contributed by atoms with Crippen molar-refractivity contribution >= 4 is 0 Å². The van der Waals surface area contributed by atoms with Crippen molar-refractivity contribution in [3.05, 3.63) is 39.8 Å². The molecular weight excluding hydrogens is 166 g/mol. The molecule has 13 heavy (non-hydrogen) atoms. The molecule has 0 heterocycles. The number of rotatable bonds is 3. The maximum atomic E-state index is 8.15. The third-order valence-corrected chi connectivity index (χ3v) is 1.85. The van der Waals surface area contributed by atoms with Gasteiger partial charge in [0, 0.05) is 4.91 Å². The van der Waals surface area contributed by atoms with E-state index >= 15 is 0 Å². The third-order valence-electron chi connectivity index (χ3n) is 1.85. The average molecular weight is 177 g/mol. The largest absolute Gasteiger partial charge is 0.497 e. The van der Waals surface area contributed by atoms with Crippen LogP contribution in [0.2, 0.25) is 0 Å². The van der Waals surface area contributed by atoms with Crippen molar-refractivity contribution in [2.75, 3.05) is 7.11 Å². The van der Waals surface area contributed by atoms with Gasteiger partial charge in [0.15, 0.2) is 0 Å². The second-order valence-corrected chi connectivity index (χ2v) is 2.68. The van der Waals surface area contributed by atoms with Gasteiger partial charge in [-0.25, -0.2) is 0 Å². The second kappa shape index (κ2) is 4.38. The summed E-state index contributed by atoms with van der Waals surface area (Å²) in [6, 6.07) is 5.68. The predicted molar refractivity (Wildman–Crippen MR) is 50.6 cm³/mol. The Balaban J connectivity index is 2.91. The monoisotopic (exact) mass is 177 g/mol. The van der Waals surface area contributed by atoms with Crippen LogP contribution < -0.4 is 4.74 Å². The Kier molecular flexibility index (Phi) is 3.17. The van der Waals surface area contributed by atoms with Gasteiger partial charge in [0.2, 0.25) is 0 Å². The fourth-order valence-electron chi connectivity index (χ4n) is 1.08. The molecule has 0 aromatic heterocycles. The second-order valence-electron chi connectivity index (χ2n) is 2.68. The van der Waals surface area contributed by atoms with Crippen LogP contribution in [-0.4, -0.2) is 7.11 Å². The zero-order chi connectivity index (χ0) is 9.68. The summed E-state index contributed by atoms with van der Waals surface area (Å²) in [5.41, 5.74) is 10.3. The first kappa shape index (κ1) is 9.42. The van der Waals surface area contributed by atoms with Crippen LogP contribution >= 0.6 is 0 Å². The third kappa shape index (κ3) is 2.39. The average Bonchev–Trinajstić information content (AvgIpc) is 2.16. The van der Waals surface area contributed by atoms with E-state index in [1.54, 1.807) is 7.11 Å². The molecule has 1 rings (SSSR count). The normalized spacial score (nSPS) is 9.08. The van der Waals surface area contributed by atoms with Gasteiger partial charge in [-0.15, -0.1) is 0 Å². The first-order valence-electron chi connectivity index (χ1n) is 3.92. The van der Waals surface area contributed by atoms with Crippen LogP contribution in [0.15, 0.2) is 23.3 Å². The zero-order valence-electron chi connectivity index (χ0n) is 7.69. The Labute approximate surface area is 76.8 Å². The van der Waals surface area contributed by atoms with Crippen LogP contribution in [0, 0.1) is 6.92 Å². The summed E-state index contributed by atoms with van der Waals surface area (Å²) < 4.78 is 5.05. The number of nitrogens with zero attached hydrogens (tertiary/aromatic N) is 3. The molecule has 0 saturated heterocycles. The van der Waals surface area contributed by atoms with Gasteiger partial charge in [0.1, 0.15) is 5.75 Å². The molecule has 0 aliphatic heterocycles. The summed E-state index contributed by atoms with van der Waals surface area (Å²) in [5, 5.41) is 3.50. The number of methoxy groups -OCH3 is 1. The number of azide groups is 1. The van der Waals surface area contributed by atoms with Crippen molar-refractivity contribution in [2.24, 2.45) is 5.11 Å². The molecule has 0 spiro atoms. The lowest BCUT2D eigenvalue weighted by Crippen LogP contribution is -1.89. The lowest BCUT2D eigenvalue weighted by molar-refractivity contribution is 0.414. The van der Waals surface area contributed by atoms with Crippen molar-refractivity contribution in [1.29, 1.82) is 0 Å². The number of hydrogen-bond acceptors (Lipinski definition) is 2. The van der Waals surface area contributed by atoms with Crippen LogP contribution in [-0.2, 0) is 6.54 Å². The van der Waals surface area contributed by atoms with Gasteiger partial charge in [-0.1, -0.05) is 11.2 Å². The highest BCUT2D eigenvalue weighted by molar-refractivity contribution is 5.34. The van der Waals surface area contributed by atoms with Crippen LogP contribution in [0.1, 0.15) is 11.1 Å².